The van der Waals surface area contributed by atoms with Crippen LogP contribution in [0.2, 0.25) is 0 Å². The number of piperazine rings is 1. The lowest BCUT2D eigenvalue weighted by Crippen LogP contribution is -2.72. The van der Waals surface area contributed by atoms with Gasteiger partial charge < -0.3 is 19.3 Å². The lowest BCUT2D eigenvalue weighted by atomic mass is 9.79. The van der Waals surface area contributed by atoms with Crippen molar-refractivity contribution in [3.05, 3.63) is 59.7 Å². The second-order valence-electron chi connectivity index (χ2n) is 9.51. The zero-order valence-electron chi connectivity index (χ0n) is 18.7. The van der Waals surface area contributed by atoms with Crippen molar-refractivity contribution in [1.29, 1.82) is 5.26 Å². The first-order valence-electron chi connectivity index (χ1n) is 10.8. The van der Waals surface area contributed by atoms with Crippen LogP contribution >= 0.6 is 12.6 Å². The maximum atomic E-state index is 14.2. The topological polar surface area (TPSA) is 82.9 Å². The van der Waals surface area contributed by atoms with Crippen molar-refractivity contribution in [3.8, 4) is 17.6 Å². The summed E-state index contributed by atoms with van der Waals surface area (Å²) in [6.07, 6.45) is 0.474. The summed E-state index contributed by atoms with van der Waals surface area (Å²) in [4.78, 5) is 29.6. The van der Waals surface area contributed by atoms with E-state index in [9.17, 15) is 14.9 Å². The monoisotopic (exact) mass is 463 g/mol. The van der Waals surface area contributed by atoms with Gasteiger partial charge in [-0.25, -0.2) is 0 Å². The number of fused-ring (bicyclic) bond motifs is 2. The third kappa shape index (κ3) is 2.95. The Kier molecular flexibility index (Phi) is 4.70. The number of ether oxygens (including phenoxy) is 2. The molecule has 0 radical (unpaired) electrons. The predicted molar refractivity (Wildman–Crippen MR) is 124 cm³/mol. The van der Waals surface area contributed by atoms with Gasteiger partial charge in [-0.1, -0.05) is 36.4 Å². The molecule has 33 heavy (non-hydrogen) atoms. The van der Waals surface area contributed by atoms with Crippen molar-refractivity contribution < 1.29 is 19.1 Å². The summed E-state index contributed by atoms with van der Waals surface area (Å²) in [5.41, 5.74) is -0.493. The van der Waals surface area contributed by atoms with Crippen molar-refractivity contribution in [3.63, 3.8) is 0 Å². The number of amides is 2. The molecule has 2 fully saturated rings. The predicted octanol–water partition coefficient (Wildman–Crippen LogP) is 3.32. The van der Waals surface area contributed by atoms with Gasteiger partial charge in [-0.15, -0.1) is 12.6 Å². The summed E-state index contributed by atoms with van der Waals surface area (Å²) in [5, 5.41) is 10.2. The molecule has 3 aliphatic heterocycles. The summed E-state index contributed by atoms with van der Waals surface area (Å²) in [6.45, 7) is 3.69. The van der Waals surface area contributed by atoms with Gasteiger partial charge in [-0.05, 0) is 37.1 Å². The molecule has 3 heterocycles. The molecule has 5 rings (SSSR count). The molecule has 4 atom stereocenters. The largest absolute Gasteiger partial charge is 0.454 e. The van der Waals surface area contributed by atoms with Gasteiger partial charge in [0.15, 0.2) is 16.4 Å². The van der Waals surface area contributed by atoms with Crippen molar-refractivity contribution in [2.24, 2.45) is 5.41 Å². The number of hydrogen-bond acceptors (Lipinski definition) is 6. The molecule has 2 amide bonds. The number of benzene rings is 2. The number of carbonyl (C=O) groups excluding carboxylic acids is 2. The van der Waals surface area contributed by atoms with Gasteiger partial charge in [0.2, 0.25) is 6.79 Å². The Bertz CT molecular complexity index is 1200. The van der Waals surface area contributed by atoms with Crippen LogP contribution in [0.25, 0.3) is 0 Å². The Morgan fingerprint density at radius 3 is 2.48 bits per heavy atom. The third-order valence-electron chi connectivity index (χ3n) is 7.30. The fourth-order valence-electron chi connectivity index (χ4n) is 5.44. The first kappa shape index (κ1) is 21.7. The van der Waals surface area contributed by atoms with Crippen molar-refractivity contribution in [2.75, 3.05) is 13.8 Å². The van der Waals surface area contributed by atoms with Crippen LogP contribution in [0.5, 0.6) is 11.5 Å². The first-order valence-corrected chi connectivity index (χ1v) is 11.3. The highest BCUT2D eigenvalue weighted by molar-refractivity contribution is 7.82. The normalized spacial score (nSPS) is 32.6. The van der Waals surface area contributed by atoms with E-state index in [4.69, 9.17) is 22.1 Å². The minimum atomic E-state index is -1.42. The number of carbonyl (C=O) groups is 2. The number of nitriles is 1. The van der Waals surface area contributed by atoms with E-state index >= 15 is 0 Å². The standard InChI is InChI=1S/C25H25N3O4S/c1-23(14-26)13-25(33)22(30)27(3)24(2,12-16-7-5-4-6-8-16)21(29)28(25)20(23)17-9-10-18-19(11-17)32-15-31-18/h4-11,20,33H,12-13,15H2,1-3H3/t20?,23-,24-,25?/m1/s1. The average molecular weight is 464 g/mol. The Hall–Kier alpha value is -3.18. The van der Waals surface area contributed by atoms with Crippen LogP contribution in [0.3, 0.4) is 0 Å². The Balaban J connectivity index is 1.64. The SMILES string of the molecule is CN1C(=O)C2(S)C[C@](C)(C#N)C(c3ccc4c(c3)OCO4)N2C(=O)[C@@]1(C)Cc1ccccc1. The zero-order chi connectivity index (χ0) is 23.6. The number of likely N-dealkylation sites (N-methyl/N-ethyl adjacent to an activating group) is 1. The van der Waals surface area contributed by atoms with Crippen LogP contribution in [0.1, 0.15) is 37.4 Å². The molecular formula is C25H25N3O4S. The summed E-state index contributed by atoms with van der Waals surface area (Å²) in [7, 11) is 1.65. The second-order valence-corrected chi connectivity index (χ2v) is 10.3. The molecule has 2 aromatic rings. The van der Waals surface area contributed by atoms with Crippen LogP contribution in [0.4, 0.5) is 0 Å². The molecule has 170 valence electrons. The molecule has 2 unspecified atom stereocenters. The Morgan fingerprint density at radius 1 is 1.09 bits per heavy atom. The van der Waals surface area contributed by atoms with E-state index < -0.39 is 21.9 Å². The smallest absolute Gasteiger partial charge is 0.259 e. The Morgan fingerprint density at radius 2 is 1.79 bits per heavy atom. The summed E-state index contributed by atoms with van der Waals surface area (Å²) >= 11 is 4.79. The molecule has 0 bridgehead atoms. The molecule has 0 saturated carbocycles. The average Bonchev–Trinajstić information content (AvgIpc) is 3.37. The molecule has 0 aromatic heterocycles. The van der Waals surface area contributed by atoms with Crippen LogP contribution in [0.15, 0.2) is 48.5 Å². The van der Waals surface area contributed by atoms with E-state index in [1.165, 1.54) is 4.90 Å². The molecule has 3 aliphatic rings. The molecule has 7 nitrogen and oxygen atoms in total. The maximum absolute atomic E-state index is 14.2. The van der Waals surface area contributed by atoms with Crippen LogP contribution < -0.4 is 9.47 Å². The molecule has 0 N–H and O–H groups in total. The molecule has 2 aromatic carbocycles. The number of thiol groups is 1. The van der Waals surface area contributed by atoms with Crippen molar-refractivity contribution in [2.45, 2.75) is 43.1 Å². The lowest BCUT2D eigenvalue weighted by molar-refractivity contribution is -0.170. The molecule has 0 spiro atoms. The molecule has 0 aliphatic carbocycles. The van der Waals surface area contributed by atoms with Crippen LogP contribution in [-0.2, 0) is 16.0 Å². The van der Waals surface area contributed by atoms with Crippen LogP contribution in [0, 0.1) is 16.7 Å². The summed E-state index contributed by atoms with van der Waals surface area (Å²) < 4.78 is 11.0. The second kappa shape index (κ2) is 7.16. The summed E-state index contributed by atoms with van der Waals surface area (Å²) in [6, 6.07) is 16.7. The fraction of sp³-hybridized carbons (Fsp3) is 0.400. The van der Waals surface area contributed by atoms with E-state index in [0.717, 1.165) is 5.56 Å². The molecule has 2 saturated heterocycles. The highest BCUT2D eigenvalue weighted by atomic mass is 32.1. The quantitative estimate of drug-likeness (QED) is 0.706. The molecule has 8 heteroatoms. The lowest BCUT2D eigenvalue weighted by Gasteiger charge is -2.52. The Labute approximate surface area is 198 Å². The van der Waals surface area contributed by atoms with Crippen LogP contribution in [-0.4, -0.2) is 45.9 Å². The van der Waals surface area contributed by atoms with E-state index in [1.54, 1.807) is 37.9 Å². The zero-order valence-corrected chi connectivity index (χ0v) is 19.6. The fourth-order valence-corrected chi connectivity index (χ4v) is 6.13. The van der Waals surface area contributed by atoms with Gasteiger partial charge in [0, 0.05) is 19.9 Å². The van der Waals surface area contributed by atoms with E-state index in [0.29, 0.717) is 23.5 Å². The van der Waals surface area contributed by atoms with E-state index in [-0.39, 0.29) is 25.0 Å². The number of rotatable bonds is 3. The van der Waals surface area contributed by atoms with E-state index in [2.05, 4.69) is 6.07 Å². The van der Waals surface area contributed by atoms with Crippen molar-refractivity contribution in [1.82, 2.24) is 9.80 Å². The van der Waals surface area contributed by atoms with E-state index in [1.807, 2.05) is 36.4 Å². The number of hydrogen-bond donors (Lipinski definition) is 1. The van der Waals surface area contributed by atoms with Gasteiger partial charge in [0.05, 0.1) is 17.5 Å². The van der Waals surface area contributed by atoms with Gasteiger partial charge in [-0.3, -0.25) is 9.59 Å². The van der Waals surface area contributed by atoms with Crippen molar-refractivity contribution >= 4 is 24.4 Å². The third-order valence-corrected chi connectivity index (χ3v) is 7.86. The minimum absolute atomic E-state index is 0.120. The number of nitrogens with zero attached hydrogens (tertiary/aromatic N) is 3. The van der Waals surface area contributed by atoms with Gasteiger partial charge in [0.25, 0.3) is 11.8 Å². The minimum Gasteiger partial charge on any atom is -0.454 e. The van der Waals surface area contributed by atoms with Gasteiger partial charge in [0.1, 0.15) is 5.54 Å². The summed E-state index contributed by atoms with van der Waals surface area (Å²) in [5.74, 6) is 0.658. The first-order chi connectivity index (χ1) is 15.6. The van der Waals surface area contributed by atoms with Gasteiger partial charge in [-0.2, -0.15) is 5.26 Å². The maximum Gasteiger partial charge on any atom is 0.259 e. The van der Waals surface area contributed by atoms with Gasteiger partial charge >= 0.3 is 0 Å². The highest BCUT2D eigenvalue weighted by Gasteiger charge is 2.69. The highest BCUT2D eigenvalue weighted by Crippen LogP contribution is 2.59. The molecular weight excluding hydrogens is 438 g/mol.